The van der Waals surface area contributed by atoms with Crippen molar-refractivity contribution in [1.82, 2.24) is 24.7 Å². The van der Waals surface area contributed by atoms with Crippen molar-refractivity contribution in [2.24, 2.45) is 5.41 Å². The second-order valence-electron chi connectivity index (χ2n) is 11.3. The third kappa shape index (κ3) is 6.07. The molecule has 0 aliphatic carbocycles. The lowest BCUT2D eigenvalue weighted by Crippen LogP contribution is -2.54. The molecule has 1 aromatic heterocycles. The number of fused-ring (bicyclic) bond motifs is 1. The van der Waals surface area contributed by atoms with E-state index in [0.29, 0.717) is 36.9 Å². The standard InChI is InChI=1S/C26H31F6N5O2/c1-24(2,3)20(23(39)36-11-8-25(28,29)14-36)34-22(38)19-18-13-35(4)9-5-10-37(18)21(33-19)16-12-15(26(30,31)32)6-7-17(16)27/h6-7,12,20H,5,8-11,13-14H2,1-4H3,(H,34,38). The molecule has 2 aromatic rings. The molecule has 0 spiro atoms. The topological polar surface area (TPSA) is 70.5 Å². The summed E-state index contributed by atoms with van der Waals surface area (Å²) in [6, 6.07) is 0.820. The molecule has 2 aliphatic rings. The molecule has 1 unspecified atom stereocenters. The van der Waals surface area contributed by atoms with Crippen LogP contribution in [0.1, 0.15) is 55.4 Å². The van der Waals surface area contributed by atoms with Gasteiger partial charge in [-0.3, -0.25) is 9.59 Å². The maximum Gasteiger partial charge on any atom is 0.416 e. The number of benzene rings is 1. The maximum absolute atomic E-state index is 14.9. The van der Waals surface area contributed by atoms with Crippen LogP contribution in [-0.4, -0.2) is 69.8 Å². The van der Waals surface area contributed by atoms with Crippen LogP contribution in [0.3, 0.4) is 0 Å². The SMILES string of the molecule is CN1CCCn2c(-c3cc(C(F)(F)F)ccc3F)nc(C(=O)NC(C(=O)N3CCC(F)(F)C3)C(C)(C)C)c2C1. The molecular formula is C26H31F6N5O2. The maximum atomic E-state index is 14.9. The highest BCUT2D eigenvalue weighted by Gasteiger charge is 2.45. The Morgan fingerprint density at radius 3 is 2.38 bits per heavy atom. The molecule has 214 valence electrons. The summed E-state index contributed by atoms with van der Waals surface area (Å²) in [6.45, 7) is 5.20. The molecule has 0 radical (unpaired) electrons. The summed E-state index contributed by atoms with van der Waals surface area (Å²) in [4.78, 5) is 34.0. The van der Waals surface area contributed by atoms with Gasteiger partial charge >= 0.3 is 6.18 Å². The first-order chi connectivity index (χ1) is 18.0. The molecule has 1 fully saturated rings. The Labute approximate surface area is 222 Å². The third-order valence-electron chi connectivity index (χ3n) is 7.03. The van der Waals surface area contributed by atoms with E-state index in [-0.39, 0.29) is 31.2 Å². The van der Waals surface area contributed by atoms with Crippen LogP contribution in [0, 0.1) is 11.2 Å². The van der Waals surface area contributed by atoms with Crippen molar-refractivity contribution < 1.29 is 35.9 Å². The van der Waals surface area contributed by atoms with Crippen LogP contribution in [0.4, 0.5) is 26.3 Å². The van der Waals surface area contributed by atoms with E-state index >= 15 is 0 Å². The van der Waals surface area contributed by atoms with Crippen LogP contribution in [0.5, 0.6) is 0 Å². The summed E-state index contributed by atoms with van der Waals surface area (Å²) < 4.78 is 84.2. The highest BCUT2D eigenvalue weighted by Crippen LogP contribution is 2.35. The number of hydrogen-bond donors (Lipinski definition) is 1. The number of rotatable bonds is 4. The predicted molar refractivity (Wildman–Crippen MR) is 130 cm³/mol. The normalized spacial score (nSPS) is 19.0. The average Bonchev–Trinajstić information content (AvgIpc) is 3.29. The molecule has 39 heavy (non-hydrogen) atoms. The Hall–Kier alpha value is -3.09. The number of carbonyl (C=O) groups is 2. The molecule has 1 saturated heterocycles. The van der Waals surface area contributed by atoms with Crippen LogP contribution in [0.25, 0.3) is 11.4 Å². The van der Waals surface area contributed by atoms with Gasteiger partial charge in [-0.15, -0.1) is 0 Å². The van der Waals surface area contributed by atoms with Gasteiger partial charge in [-0.2, -0.15) is 13.2 Å². The van der Waals surface area contributed by atoms with Gasteiger partial charge in [0.25, 0.3) is 11.8 Å². The summed E-state index contributed by atoms with van der Waals surface area (Å²) in [7, 11) is 1.80. The first-order valence-electron chi connectivity index (χ1n) is 12.6. The second-order valence-corrected chi connectivity index (χ2v) is 11.3. The van der Waals surface area contributed by atoms with Gasteiger partial charge in [-0.1, -0.05) is 20.8 Å². The zero-order chi connectivity index (χ0) is 28.9. The van der Waals surface area contributed by atoms with Crippen molar-refractivity contribution in [1.29, 1.82) is 0 Å². The fraction of sp³-hybridized carbons (Fsp3) is 0.577. The molecule has 3 heterocycles. The van der Waals surface area contributed by atoms with Crippen molar-refractivity contribution in [3.63, 3.8) is 0 Å². The van der Waals surface area contributed by atoms with Crippen molar-refractivity contribution in [3.05, 3.63) is 41.0 Å². The Balaban J connectivity index is 1.75. The van der Waals surface area contributed by atoms with Gasteiger partial charge in [0, 0.05) is 26.1 Å². The van der Waals surface area contributed by atoms with E-state index < -0.39 is 65.3 Å². The number of nitrogens with one attached hydrogen (secondary N) is 1. The van der Waals surface area contributed by atoms with Crippen LogP contribution < -0.4 is 5.32 Å². The lowest BCUT2D eigenvalue weighted by Gasteiger charge is -2.33. The summed E-state index contributed by atoms with van der Waals surface area (Å²) in [5.41, 5.74) is -2.14. The lowest BCUT2D eigenvalue weighted by molar-refractivity contribution is -0.137. The molecular weight excluding hydrogens is 528 g/mol. The van der Waals surface area contributed by atoms with E-state index in [9.17, 15) is 35.9 Å². The van der Waals surface area contributed by atoms with E-state index in [1.165, 1.54) is 4.57 Å². The molecule has 1 atom stereocenters. The van der Waals surface area contributed by atoms with Gasteiger partial charge in [0.2, 0.25) is 5.91 Å². The van der Waals surface area contributed by atoms with Crippen LogP contribution in [-0.2, 0) is 24.1 Å². The van der Waals surface area contributed by atoms with Crippen LogP contribution >= 0.6 is 0 Å². The summed E-state index contributed by atoms with van der Waals surface area (Å²) in [6.07, 6.45) is -4.62. The summed E-state index contributed by atoms with van der Waals surface area (Å²) >= 11 is 0. The molecule has 4 rings (SSSR count). The van der Waals surface area contributed by atoms with Gasteiger partial charge in [-0.05, 0) is 43.6 Å². The highest BCUT2D eigenvalue weighted by atomic mass is 19.4. The van der Waals surface area contributed by atoms with Crippen molar-refractivity contribution in [2.75, 3.05) is 26.7 Å². The number of alkyl halides is 5. The Morgan fingerprint density at radius 1 is 1.10 bits per heavy atom. The van der Waals surface area contributed by atoms with E-state index in [2.05, 4.69) is 10.3 Å². The fourth-order valence-corrected chi connectivity index (χ4v) is 4.94. The summed E-state index contributed by atoms with van der Waals surface area (Å²) in [5, 5.41) is 2.63. The number of aromatic nitrogens is 2. The first kappa shape index (κ1) is 28.9. The van der Waals surface area contributed by atoms with Crippen molar-refractivity contribution in [2.45, 2.75) is 64.8 Å². The minimum atomic E-state index is -4.72. The smallest absolute Gasteiger partial charge is 0.338 e. The number of amides is 2. The van der Waals surface area contributed by atoms with E-state index in [1.807, 2.05) is 4.90 Å². The molecule has 0 bridgehead atoms. The molecule has 2 aliphatic heterocycles. The van der Waals surface area contributed by atoms with Gasteiger partial charge in [0.1, 0.15) is 17.7 Å². The van der Waals surface area contributed by atoms with Gasteiger partial charge in [-0.25, -0.2) is 18.2 Å². The molecule has 1 aromatic carbocycles. The lowest BCUT2D eigenvalue weighted by atomic mass is 9.85. The van der Waals surface area contributed by atoms with Gasteiger partial charge in [0.05, 0.1) is 23.4 Å². The van der Waals surface area contributed by atoms with Crippen LogP contribution in [0.15, 0.2) is 18.2 Å². The zero-order valence-corrected chi connectivity index (χ0v) is 22.1. The largest absolute Gasteiger partial charge is 0.416 e. The van der Waals surface area contributed by atoms with Crippen molar-refractivity contribution in [3.8, 4) is 11.4 Å². The molecule has 7 nitrogen and oxygen atoms in total. The fourth-order valence-electron chi connectivity index (χ4n) is 4.94. The monoisotopic (exact) mass is 559 g/mol. The molecule has 13 heteroatoms. The quantitative estimate of drug-likeness (QED) is 0.558. The number of nitrogens with zero attached hydrogens (tertiary/aromatic N) is 4. The van der Waals surface area contributed by atoms with E-state index in [4.69, 9.17) is 0 Å². The molecule has 0 saturated carbocycles. The second kappa shape index (κ2) is 10.1. The number of likely N-dealkylation sites (tertiary alicyclic amines) is 1. The minimum absolute atomic E-state index is 0.133. The number of hydrogen-bond acceptors (Lipinski definition) is 4. The van der Waals surface area contributed by atoms with E-state index in [1.54, 1.807) is 27.8 Å². The third-order valence-corrected chi connectivity index (χ3v) is 7.03. The summed E-state index contributed by atoms with van der Waals surface area (Å²) in [5.74, 6) is -5.55. The number of imidazole rings is 1. The number of carbonyl (C=O) groups excluding carboxylic acids is 2. The zero-order valence-electron chi connectivity index (χ0n) is 22.1. The molecule has 1 N–H and O–H groups in total. The minimum Gasteiger partial charge on any atom is -0.338 e. The van der Waals surface area contributed by atoms with Crippen molar-refractivity contribution >= 4 is 11.8 Å². The Bertz CT molecular complexity index is 1270. The molecule has 2 amide bonds. The van der Waals surface area contributed by atoms with E-state index in [0.717, 1.165) is 4.90 Å². The highest BCUT2D eigenvalue weighted by molar-refractivity contribution is 5.98. The Kier molecular flexibility index (Phi) is 7.52. The first-order valence-corrected chi connectivity index (χ1v) is 12.6. The van der Waals surface area contributed by atoms with Gasteiger partial charge < -0.3 is 19.7 Å². The number of halogens is 6. The average molecular weight is 560 g/mol. The Morgan fingerprint density at radius 2 is 1.79 bits per heavy atom. The van der Waals surface area contributed by atoms with Crippen LogP contribution in [0.2, 0.25) is 0 Å². The van der Waals surface area contributed by atoms with Gasteiger partial charge in [0.15, 0.2) is 5.69 Å². The predicted octanol–water partition coefficient (Wildman–Crippen LogP) is 4.56.